The lowest BCUT2D eigenvalue weighted by atomic mass is 10.0. The summed E-state index contributed by atoms with van der Waals surface area (Å²) in [6, 6.07) is 2.23. The van der Waals surface area contributed by atoms with E-state index in [-0.39, 0.29) is 12.1 Å². The van der Waals surface area contributed by atoms with Gasteiger partial charge < -0.3 is 4.74 Å². The second kappa shape index (κ2) is 7.40. The lowest BCUT2D eigenvalue weighted by molar-refractivity contribution is 0.0321. The van der Waals surface area contributed by atoms with E-state index in [0.29, 0.717) is 0 Å². The smallest absolute Gasteiger partial charge is 0.0742 e. The van der Waals surface area contributed by atoms with Crippen molar-refractivity contribution < 1.29 is 4.74 Å². The molecule has 0 fully saturated rings. The highest BCUT2D eigenvalue weighted by Gasteiger charge is 2.20. The number of hydrogen-bond donors (Lipinski definition) is 2. The van der Waals surface area contributed by atoms with Crippen molar-refractivity contribution in [2.24, 2.45) is 5.84 Å². The monoisotopic (exact) mass is 306 g/mol. The van der Waals surface area contributed by atoms with Crippen LogP contribution in [-0.4, -0.2) is 18.8 Å². The molecule has 0 aliphatic heterocycles. The van der Waals surface area contributed by atoms with E-state index in [9.17, 15) is 0 Å². The second-order valence-corrected chi connectivity index (χ2v) is 5.43. The van der Waals surface area contributed by atoms with E-state index >= 15 is 0 Å². The largest absolute Gasteiger partial charge is 0.377 e. The quantitative estimate of drug-likeness (QED) is 0.601. The number of hydrazine groups is 1. The van der Waals surface area contributed by atoms with Crippen molar-refractivity contribution in [2.75, 3.05) is 6.61 Å². The van der Waals surface area contributed by atoms with Crippen LogP contribution in [0.2, 0.25) is 0 Å². The Balaban J connectivity index is 2.63. The molecule has 0 aromatic carbocycles. The summed E-state index contributed by atoms with van der Waals surface area (Å²) in [6.45, 7) is 4.85. The van der Waals surface area contributed by atoms with Gasteiger partial charge in [-0.15, -0.1) is 11.3 Å². The SMILES string of the molecule is CCOC(CC)C(Cc1sccc1Br)NN. The Kier molecular flexibility index (Phi) is 6.53. The van der Waals surface area contributed by atoms with Crippen LogP contribution in [0.15, 0.2) is 15.9 Å². The van der Waals surface area contributed by atoms with E-state index in [1.165, 1.54) is 4.88 Å². The Morgan fingerprint density at radius 1 is 1.56 bits per heavy atom. The maximum Gasteiger partial charge on any atom is 0.0742 e. The summed E-state index contributed by atoms with van der Waals surface area (Å²) in [5.41, 5.74) is 2.86. The van der Waals surface area contributed by atoms with E-state index < -0.39 is 0 Å². The summed E-state index contributed by atoms with van der Waals surface area (Å²) in [7, 11) is 0. The van der Waals surface area contributed by atoms with E-state index in [4.69, 9.17) is 10.6 Å². The van der Waals surface area contributed by atoms with Crippen LogP contribution in [-0.2, 0) is 11.2 Å². The summed E-state index contributed by atoms with van der Waals surface area (Å²) in [4.78, 5) is 1.31. The highest BCUT2D eigenvalue weighted by molar-refractivity contribution is 9.10. The second-order valence-electron chi connectivity index (χ2n) is 3.57. The van der Waals surface area contributed by atoms with Gasteiger partial charge >= 0.3 is 0 Å². The summed E-state index contributed by atoms with van der Waals surface area (Å²) >= 11 is 5.28. The Morgan fingerprint density at radius 3 is 2.75 bits per heavy atom. The topological polar surface area (TPSA) is 47.3 Å². The molecule has 0 amide bonds. The summed E-state index contributed by atoms with van der Waals surface area (Å²) in [5, 5.41) is 2.08. The van der Waals surface area contributed by atoms with Crippen LogP contribution < -0.4 is 11.3 Å². The number of nitrogens with two attached hydrogens (primary N) is 1. The highest BCUT2D eigenvalue weighted by atomic mass is 79.9. The number of ether oxygens (including phenoxy) is 1. The molecule has 0 saturated carbocycles. The van der Waals surface area contributed by atoms with Gasteiger partial charge in [0.05, 0.1) is 12.1 Å². The Morgan fingerprint density at radius 2 is 2.31 bits per heavy atom. The van der Waals surface area contributed by atoms with Crippen molar-refractivity contribution in [2.45, 2.75) is 38.8 Å². The molecule has 0 aliphatic carbocycles. The number of hydrogen-bond acceptors (Lipinski definition) is 4. The molecular formula is C11H19BrN2OS. The van der Waals surface area contributed by atoms with Crippen molar-refractivity contribution >= 4 is 27.3 Å². The van der Waals surface area contributed by atoms with E-state index in [1.54, 1.807) is 11.3 Å². The third kappa shape index (κ3) is 3.82. The van der Waals surface area contributed by atoms with Gasteiger partial charge in [0.2, 0.25) is 0 Å². The summed E-state index contributed by atoms with van der Waals surface area (Å²) in [6.07, 6.45) is 2.03. The average molecular weight is 307 g/mol. The van der Waals surface area contributed by atoms with Gasteiger partial charge in [0.25, 0.3) is 0 Å². The van der Waals surface area contributed by atoms with Crippen molar-refractivity contribution in [3.63, 3.8) is 0 Å². The van der Waals surface area contributed by atoms with Crippen LogP contribution in [0.1, 0.15) is 25.1 Å². The fourth-order valence-corrected chi connectivity index (χ4v) is 3.27. The van der Waals surface area contributed by atoms with Gasteiger partial charge in [0, 0.05) is 22.4 Å². The molecule has 2 unspecified atom stereocenters. The Labute approximate surface area is 109 Å². The standard InChI is InChI=1S/C11H19BrN2OS/c1-3-10(15-4-2)9(14-13)7-11-8(12)5-6-16-11/h5-6,9-10,14H,3-4,7,13H2,1-2H3. The Bertz CT molecular complexity index is 306. The number of halogens is 1. The molecule has 1 heterocycles. The molecule has 0 bridgehead atoms. The van der Waals surface area contributed by atoms with Gasteiger partial charge in [-0.2, -0.15) is 0 Å². The molecule has 0 spiro atoms. The van der Waals surface area contributed by atoms with Crippen LogP contribution in [0.3, 0.4) is 0 Å². The summed E-state index contributed by atoms with van der Waals surface area (Å²) < 4.78 is 6.84. The first-order chi connectivity index (χ1) is 7.72. The first-order valence-corrected chi connectivity index (χ1v) is 7.19. The molecule has 5 heteroatoms. The zero-order chi connectivity index (χ0) is 12.0. The molecule has 3 nitrogen and oxygen atoms in total. The molecule has 2 atom stereocenters. The fourth-order valence-electron chi connectivity index (χ4n) is 1.70. The first kappa shape index (κ1) is 14.1. The van der Waals surface area contributed by atoms with Crippen LogP contribution in [0, 0.1) is 0 Å². The lowest BCUT2D eigenvalue weighted by Gasteiger charge is -2.25. The number of rotatable bonds is 7. The van der Waals surface area contributed by atoms with Gasteiger partial charge in [-0.25, -0.2) is 0 Å². The maximum atomic E-state index is 5.68. The molecule has 0 saturated heterocycles. The molecule has 1 rings (SSSR count). The molecule has 0 aliphatic rings. The van der Waals surface area contributed by atoms with Gasteiger partial charge in [-0.3, -0.25) is 11.3 Å². The average Bonchev–Trinajstić information content (AvgIpc) is 2.69. The van der Waals surface area contributed by atoms with Crippen molar-refractivity contribution in [3.05, 3.63) is 20.8 Å². The van der Waals surface area contributed by atoms with Gasteiger partial charge in [-0.05, 0) is 40.7 Å². The third-order valence-corrected chi connectivity index (χ3v) is 4.49. The minimum Gasteiger partial charge on any atom is -0.377 e. The Hall–Kier alpha value is 0.0600. The number of thiophene rings is 1. The van der Waals surface area contributed by atoms with Crippen LogP contribution in [0.4, 0.5) is 0 Å². The van der Waals surface area contributed by atoms with Gasteiger partial charge in [0.15, 0.2) is 0 Å². The zero-order valence-corrected chi connectivity index (χ0v) is 12.1. The first-order valence-electron chi connectivity index (χ1n) is 5.52. The predicted molar refractivity (Wildman–Crippen MR) is 72.5 cm³/mol. The zero-order valence-electron chi connectivity index (χ0n) is 9.70. The van der Waals surface area contributed by atoms with Crippen LogP contribution >= 0.6 is 27.3 Å². The third-order valence-electron chi connectivity index (χ3n) is 2.54. The predicted octanol–water partition coefficient (Wildman–Crippen LogP) is 2.70. The molecule has 3 N–H and O–H groups in total. The highest BCUT2D eigenvalue weighted by Crippen LogP contribution is 2.25. The molecule has 16 heavy (non-hydrogen) atoms. The molecular weight excluding hydrogens is 288 g/mol. The van der Waals surface area contributed by atoms with Crippen molar-refractivity contribution in [1.29, 1.82) is 0 Å². The lowest BCUT2D eigenvalue weighted by Crippen LogP contribution is -2.46. The van der Waals surface area contributed by atoms with Crippen LogP contribution in [0.25, 0.3) is 0 Å². The van der Waals surface area contributed by atoms with E-state index in [2.05, 4.69) is 39.7 Å². The molecule has 1 aromatic rings. The molecule has 0 radical (unpaired) electrons. The normalized spacial score (nSPS) is 15.0. The van der Waals surface area contributed by atoms with Crippen molar-refractivity contribution in [1.82, 2.24) is 5.43 Å². The molecule has 92 valence electrons. The van der Waals surface area contributed by atoms with Gasteiger partial charge in [0.1, 0.15) is 0 Å². The minimum absolute atomic E-state index is 0.167. The van der Waals surface area contributed by atoms with E-state index in [0.717, 1.165) is 23.9 Å². The van der Waals surface area contributed by atoms with Crippen LogP contribution in [0.5, 0.6) is 0 Å². The van der Waals surface area contributed by atoms with Gasteiger partial charge in [-0.1, -0.05) is 6.92 Å². The number of nitrogens with one attached hydrogen (secondary N) is 1. The fraction of sp³-hybridized carbons (Fsp3) is 0.636. The molecule has 1 aromatic heterocycles. The maximum absolute atomic E-state index is 5.68. The summed E-state index contributed by atoms with van der Waals surface area (Å²) in [5.74, 6) is 5.61. The van der Waals surface area contributed by atoms with E-state index in [1.807, 2.05) is 6.92 Å². The minimum atomic E-state index is 0.167. The van der Waals surface area contributed by atoms with Crippen molar-refractivity contribution in [3.8, 4) is 0 Å².